The quantitative estimate of drug-likeness (QED) is 0.517. The minimum absolute atomic E-state index is 0.147. The van der Waals surface area contributed by atoms with E-state index in [1.165, 1.54) is 5.56 Å². The number of benzene rings is 1. The summed E-state index contributed by atoms with van der Waals surface area (Å²) in [5.74, 6) is -0.147. The van der Waals surface area contributed by atoms with Gasteiger partial charge in [-0.3, -0.25) is 4.79 Å². The van der Waals surface area contributed by atoms with Crippen LogP contribution in [-0.4, -0.2) is 5.97 Å². The van der Waals surface area contributed by atoms with Gasteiger partial charge >= 0.3 is 5.97 Å². The maximum Gasteiger partial charge on any atom is 0.310 e. The summed E-state index contributed by atoms with van der Waals surface area (Å²) in [6.45, 7) is 4.04. The molecule has 0 bridgehead atoms. The predicted octanol–water partition coefficient (Wildman–Crippen LogP) is 2.93. The second-order valence-corrected chi connectivity index (χ2v) is 3.93. The Morgan fingerprint density at radius 1 is 1.20 bits per heavy atom. The van der Waals surface area contributed by atoms with Crippen molar-refractivity contribution in [3.63, 3.8) is 0 Å². The molecule has 1 aromatic carbocycles. The molecule has 0 aromatic heterocycles. The van der Waals surface area contributed by atoms with Crippen LogP contribution in [0.25, 0.3) is 0 Å². The zero-order valence-electron chi connectivity index (χ0n) is 8.99. The molecule has 0 amide bonds. The standard InChI is InChI=1S/C13H14O2/c1-9-3-6-11(7-4-9)13-10(2)5-8-12(14)15-13/h3-7,13H,8H2,1-2H3. The van der Waals surface area contributed by atoms with Crippen LogP contribution in [-0.2, 0) is 9.53 Å². The topological polar surface area (TPSA) is 26.3 Å². The van der Waals surface area contributed by atoms with Gasteiger partial charge in [0, 0.05) is 0 Å². The van der Waals surface area contributed by atoms with Crippen LogP contribution in [0, 0.1) is 6.92 Å². The third-order valence-electron chi connectivity index (χ3n) is 2.63. The van der Waals surface area contributed by atoms with Crippen LogP contribution in [0.1, 0.15) is 30.6 Å². The second kappa shape index (κ2) is 3.89. The fourth-order valence-corrected chi connectivity index (χ4v) is 1.70. The van der Waals surface area contributed by atoms with Crippen molar-refractivity contribution in [2.45, 2.75) is 26.4 Å². The summed E-state index contributed by atoms with van der Waals surface area (Å²) in [4.78, 5) is 11.2. The molecule has 0 saturated heterocycles. The molecule has 2 rings (SSSR count). The van der Waals surface area contributed by atoms with E-state index in [1.807, 2.05) is 44.2 Å². The molecule has 1 unspecified atom stereocenters. The fraction of sp³-hybridized carbons (Fsp3) is 0.308. The van der Waals surface area contributed by atoms with E-state index in [-0.39, 0.29) is 12.1 Å². The molecule has 15 heavy (non-hydrogen) atoms. The van der Waals surface area contributed by atoms with Crippen molar-refractivity contribution < 1.29 is 9.53 Å². The first-order chi connectivity index (χ1) is 7.16. The summed E-state index contributed by atoms with van der Waals surface area (Å²) in [6.07, 6.45) is 2.15. The lowest BCUT2D eigenvalue weighted by molar-refractivity contribution is -0.147. The van der Waals surface area contributed by atoms with Crippen LogP contribution in [0.15, 0.2) is 35.9 Å². The minimum atomic E-state index is -0.188. The Bertz CT molecular complexity index is 401. The first-order valence-corrected chi connectivity index (χ1v) is 5.09. The normalized spacial score (nSPS) is 20.8. The van der Waals surface area contributed by atoms with Crippen molar-refractivity contribution in [1.82, 2.24) is 0 Å². The summed E-state index contributed by atoms with van der Waals surface area (Å²) in [7, 11) is 0. The van der Waals surface area contributed by atoms with E-state index in [9.17, 15) is 4.79 Å². The number of carbonyl (C=O) groups is 1. The van der Waals surface area contributed by atoms with E-state index in [4.69, 9.17) is 4.74 Å². The van der Waals surface area contributed by atoms with Crippen LogP contribution >= 0.6 is 0 Å². The number of cyclic esters (lactones) is 1. The van der Waals surface area contributed by atoms with Gasteiger partial charge in [-0.1, -0.05) is 35.9 Å². The van der Waals surface area contributed by atoms with Gasteiger partial charge in [0.15, 0.2) is 0 Å². The number of hydrogen-bond donors (Lipinski definition) is 0. The van der Waals surface area contributed by atoms with Crippen LogP contribution < -0.4 is 0 Å². The molecule has 0 fully saturated rings. The Balaban J connectivity index is 2.30. The molecule has 0 saturated carbocycles. The number of rotatable bonds is 1. The van der Waals surface area contributed by atoms with E-state index in [0.29, 0.717) is 6.42 Å². The number of ether oxygens (including phenoxy) is 1. The van der Waals surface area contributed by atoms with Crippen LogP contribution in [0.5, 0.6) is 0 Å². The van der Waals surface area contributed by atoms with Gasteiger partial charge in [0.05, 0.1) is 6.42 Å². The predicted molar refractivity (Wildman–Crippen MR) is 58.4 cm³/mol. The summed E-state index contributed by atoms with van der Waals surface area (Å²) >= 11 is 0. The van der Waals surface area contributed by atoms with Gasteiger partial charge in [-0.25, -0.2) is 0 Å². The fourth-order valence-electron chi connectivity index (χ4n) is 1.70. The van der Waals surface area contributed by atoms with Crippen molar-refractivity contribution in [3.05, 3.63) is 47.0 Å². The molecule has 2 heteroatoms. The average molecular weight is 202 g/mol. The number of hydrogen-bond acceptors (Lipinski definition) is 2. The largest absolute Gasteiger partial charge is 0.453 e. The molecule has 1 aromatic rings. The maximum absolute atomic E-state index is 11.2. The van der Waals surface area contributed by atoms with Crippen molar-refractivity contribution in [1.29, 1.82) is 0 Å². The highest BCUT2D eigenvalue weighted by Gasteiger charge is 2.21. The van der Waals surface area contributed by atoms with E-state index in [0.717, 1.165) is 11.1 Å². The minimum Gasteiger partial charge on any atom is -0.453 e. The summed E-state index contributed by atoms with van der Waals surface area (Å²) < 4.78 is 5.32. The van der Waals surface area contributed by atoms with Gasteiger partial charge in [-0.2, -0.15) is 0 Å². The highest BCUT2D eigenvalue weighted by Crippen LogP contribution is 2.29. The second-order valence-electron chi connectivity index (χ2n) is 3.93. The number of esters is 1. The Kier molecular flexibility index (Phi) is 2.58. The van der Waals surface area contributed by atoms with Gasteiger partial charge in [-0.15, -0.1) is 0 Å². The Morgan fingerprint density at radius 2 is 1.87 bits per heavy atom. The van der Waals surface area contributed by atoms with Gasteiger partial charge < -0.3 is 4.74 Å². The third kappa shape index (κ3) is 2.09. The van der Waals surface area contributed by atoms with E-state index in [1.54, 1.807) is 0 Å². The van der Waals surface area contributed by atoms with E-state index in [2.05, 4.69) is 0 Å². The molecule has 1 aliphatic rings. The van der Waals surface area contributed by atoms with Crippen LogP contribution in [0.3, 0.4) is 0 Å². The zero-order chi connectivity index (χ0) is 10.8. The molecule has 1 aliphatic heterocycles. The van der Waals surface area contributed by atoms with Crippen molar-refractivity contribution >= 4 is 5.97 Å². The zero-order valence-corrected chi connectivity index (χ0v) is 8.99. The lowest BCUT2D eigenvalue weighted by Crippen LogP contribution is -2.16. The smallest absolute Gasteiger partial charge is 0.310 e. The van der Waals surface area contributed by atoms with Crippen molar-refractivity contribution in [3.8, 4) is 0 Å². The third-order valence-corrected chi connectivity index (χ3v) is 2.63. The van der Waals surface area contributed by atoms with E-state index < -0.39 is 0 Å². The number of aryl methyl sites for hydroxylation is 1. The Labute approximate surface area is 89.6 Å². The van der Waals surface area contributed by atoms with Gasteiger partial charge in [0.25, 0.3) is 0 Å². The average Bonchev–Trinajstić information content (AvgIpc) is 2.23. The summed E-state index contributed by atoms with van der Waals surface area (Å²) in [5.41, 5.74) is 3.36. The van der Waals surface area contributed by atoms with Gasteiger partial charge in [0.1, 0.15) is 6.10 Å². The molecule has 0 radical (unpaired) electrons. The molecule has 78 valence electrons. The Morgan fingerprint density at radius 3 is 2.53 bits per heavy atom. The first-order valence-electron chi connectivity index (χ1n) is 5.09. The maximum atomic E-state index is 11.2. The summed E-state index contributed by atoms with van der Waals surface area (Å²) in [5, 5.41) is 0. The Hall–Kier alpha value is -1.57. The lowest BCUT2D eigenvalue weighted by atomic mass is 9.99. The molecular formula is C13H14O2. The number of carbonyl (C=O) groups excluding carboxylic acids is 1. The molecule has 0 aliphatic carbocycles. The molecular weight excluding hydrogens is 188 g/mol. The lowest BCUT2D eigenvalue weighted by Gasteiger charge is -2.22. The summed E-state index contributed by atoms with van der Waals surface area (Å²) in [6, 6.07) is 8.09. The molecule has 1 atom stereocenters. The highest BCUT2D eigenvalue weighted by molar-refractivity contribution is 5.73. The van der Waals surface area contributed by atoms with Gasteiger partial charge in [-0.05, 0) is 25.0 Å². The van der Waals surface area contributed by atoms with E-state index >= 15 is 0 Å². The van der Waals surface area contributed by atoms with Crippen molar-refractivity contribution in [2.24, 2.45) is 0 Å². The first kappa shape index (κ1) is 9.97. The highest BCUT2D eigenvalue weighted by atomic mass is 16.5. The SMILES string of the molecule is CC1=CCC(=O)OC1c1ccc(C)cc1. The van der Waals surface area contributed by atoms with Crippen LogP contribution in [0.4, 0.5) is 0 Å². The molecule has 2 nitrogen and oxygen atoms in total. The molecule has 1 heterocycles. The van der Waals surface area contributed by atoms with Crippen LogP contribution in [0.2, 0.25) is 0 Å². The van der Waals surface area contributed by atoms with Crippen molar-refractivity contribution in [2.75, 3.05) is 0 Å². The monoisotopic (exact) mass is 202 g/mol. The van der Waals surface area contributed by atoms with Gasteiger partial charge in [0.2, 0.25) is 0 Å². The molecule has 0 spiro atoms. The molecule has 0 N–H and O–H groups in total.